The molecule has 0 radical (unpaired) electrons. The standard InChI is InChI=1S/C19H21N3OS/c1-12-7-5-6-8-16(12)10-21-18(23)11-24-19-17(9-20)14(3)13(2)15(4)22-19/h5-8H,10-11H2,1-4H3,(H,21,23). The Balaban J connectivity index is 2.00. The van der Waals surface area contributed by atoms with E-state index in [1.54, 1.807) is 0 Å². The number of amides is 1. The number of benzene rings is 1. The molecule has 1 aromatic heterocycles. The number of hydrogen-bond donors (Lipinski definition) is 1. The molecule has 0 aliphatic rings. The van der Waals surface area contributed by atoms with Gasteiger partial charge in [-0.3, -0.25) is 4.79 Å². The predicted octanol–water partition coefficient (Wildman–Crippen LogP) is 3.60. The van der Waals surface area contributed by atoms with Crippen LogP contribution in [-0.2, 0) is 11.3 Å². The Morgan fingerprint density at radius 3 is 2.58 bits per heavy atom. The normalized spacial score (nSPS) is 10.3. The molecular weight excluding hydrogens is 318 g/mol. The molecule has 0 atom stereocenters. The van der Waals surface area contributed by atoms with Gasteiger partial charge in [-0.1, -0.05) is 36.0 Å². The summed E-state index contributed by atoms with van der Waals surface area (Å²) in [4.78, 5) is 16.6. The van der Waals surface area contributed by atoms with E-state index in [-0.39, 0.29) is 11.7 Å². The van der Waals surface area contributed by atoms with Crippen molar-refractivity contribution in [1.82, 2.24) is 10.3 Å². The summed E-state index contributed by atoms with van der Waals surface area (Å²) in [6.07, 6.45) is 0. The van der Waals surface area contributed by atoms with Gasteiger partial charge in [0.25, 0.3) is 0 Å². The van der Waals surface area contributed by atoms with E-state index < -0.39 is 0 Å². The van der Waals surface area contributed by atoms with E-state index in [1.807, 2.05) is 52.0 Å². The van der Waals surface area contributed by atoms with Crippen LogP contribution < -0.4 is 5.32 Å². The maximum atomic E-state index is 12.1. The first-order chi connectivity index (χ1) is 11.4. The van der Waals surface area contributed by atoms with Crippen LogP contribution in [0.15, 0.2) is 29.3 Å². The topological polar surface area (TPSA) is 65.8 Å². The van der Waals surface area contributed by atoms with E-state index >= 15 is 0 Å². The molecule has 1 N–H and O–H groups in total. The average Bonchev–Trinajstić information content (AvgIpc) is 2.57. The number of carbonyl (C=O) groups is 1. The number of nitriles is 1. The molecule has 124 valence electrons. The van der Waals surface area contributed by atoms with Crippen molar-refractivity contribution in [3.05, 3.63) is 57.8 Å². The molecule has 0 aliphatic heterocycles. The van der Waals surface area contributed by atoms with Crippen LogP contribution in [0.2, 0.25) is 0 Å². The Kier molecular flexibility index (Phi) is 5.99. The van der Waals surface area contributed by atoms with Crippen molar-refractivity contribution < 1.29 is 4.79 Å². The average molecular weight is 339 g/mol. The lowest BCUT2D eigenvalue weighted by Crippen LogP contribution is -2.25. The van der Waals surface area contributed by atoms with Gasteiger partial charge in [-0.2, -0.15) is 5.26 Å². The molecule has 0 fully saturated rings. The molecule has 0 unspecified atom stereocenters. The number of aryl methyl sites for hydroxylation is 2. The SMILES string of the molecule is Cc1ccccc1CNC(=O)CSc1nc(C)c(C)c(C)c1C#N. The zero-order valence-electron chi connectivity index (χ0n) is 14.4. The third-order valence-electron chi connectivity index (χ3n) is 4.15. The lowest BCUT2D eigenvalue weighted by atomic mass is 10.1. The summed E-state index contributed by atoms with van der Waals surface area (Å²) in [5.41, 5.74) is 5.69. The summed E-state index contributed by atoms with van der Waals surface area (Å²) in [7, 11) is 0. The van der Waals surface area contributed by atoms with Gasteiger partial charge in [-0.15, -0.1) is 0 Å². The summed E-state index contributed by atoms with van der Waals surface area (Å²) >= 11 is 1.31. The maximum absolute atomic E-state index is 12.1. The number of hydrogen-bond acceptors (Lipinski definition) is 4. The number of rotatable bonds is 5. The van der Waals surface area contributed by atoms with Crippen LogP contribution in [0.5, 0.6) is 0 Å². The highest BCUT2D eigenvalue weighted by Crippen LogP contribution is 2.26. The van der Waals surface area contributed by atoms with E-state index in [2.05, 4.69) is 16.4 Å². The van der Waals surface area contributed by atoms with Gasteiger partial charge in [-0.05, 0) is 49.9 Å². The molecule has 2 aromatic rings. The molecule has 0 aliphatic carbocycles. The van der Waals surface area contributed by atoms with Gasteiger partial charge in [-0.25, -0.2) is 4.98 Å². The van der Waals surface area contributed by atoms with Gasteiger partial charge in [0.2, 0.25) is 5.91 Å². The smallest absolute Gasteiger partial charge is 0.230 e. The zero-order valence-corrected chi connectivity index (χ0v) is 15.3. The number of aromatic nitrogens is 1. The van der Waals surface area contributed by atoms with Crippen LogP contribution in [0.4, 0.5) is 0 Å². The number of thioether (sulfide) groups is 1. The van der Waals surface area contributed by atoms with Gasteiger partial charge in [0, 0.05) is 12.2 Å². The highest BCUT2D eigenvalue weighted by Gasteiger charge is 2.14. The summed E-state index contributed by atoms with van der Waals surface area (Å²) in [6.45, 7) is 8.34. The van der Waals surface area contributed by atoms with Gasteiger partial charge >= 0.3 is 0 Å². The van der Waals surface area contributed by atoms with Gasteiger partial charge in [0.1, 0.15) is 11.1 Å². The minimum Gasteiger partial charge on any atom is -0.351 e. The van der Waals surface area contributed by atoms with E-state index in [0.29, 0.717) is 17.1 Å². The van der Waals surface area contributed by atoms with E-state index in [0.717, 1.165) is 27.9 Å². The molecule has 2 rings (SSSR count). The van der Waals surface area contributed by atoms with Gasteiger partial charge < -0.3 is 5.32 Å². The summed E-state index contributed by atoms with van der Waals surface area (Å²) < 4.78 is 0. The molecule has 24 heavy (non-hydrogen) atoms. The van der Waals surface area contributed by atoms with Crippen LogP contribution in [0.3, 0.4) is 0 Å². The molecule has 1 amide bonds. The Labute approximate surface area is 147 Å². The van der Waals surface area contributed by atoms with Gasteiger partial charge in [0.15, 0.2) is 0 Å². The highest BCUT2D eigenvalue weighted by molar-refractivity contribution is 8.00. The molecule has 0 saturated carbocycles. The second-order valence-electron chi connectivity index (χ2n) is 5.73. The van der Waals surface area contributed by atoms with E-state index in [9.17, 15) is 10.1 Å². The van der Waals surface area contributed by atoms with E-state index in [1.165, 1.54) is 11.8 Å². The second kappa shape index (κ2) is 7.98. The lowest BCUT2D eigenvalue weighted by Gasteiger charge is -2.11. The van der Waals surface area contributed by atoms with Crippen molar-refractivity contribution in [2.24, 2.45) is 0 Å². The molecule has 0 saturated heterocycles. The molecule has 1 heterocycles. The molecular formula is C19H21N3OS. The lowest BCUT2D eigenvalue weighted by molar-refractivity contribution is -0.118. The van der Waals surface area contributed by atoms with Crippen molar-refractivity contribution in [2.45, 2.75) is 39.3 Å². The van der Waals surface area contributed by atoms with Crippen LogP contribution in [0, 0.1) is 39.0 Å². The van der Waals surface area contributed by atoms with Crippen LogP contribution >= 0.6 is 11.8 Å². The van der Waals surface area contributed by atoms with E-state index in [4.69, 9.17) is 0 Å². The molecule has 4 nitrogen and oxygen atoms in total. The van der Waals surface area contributed by atoms with Crippen molar-refractivity contribution in [3.8, 4) is 6.07 Å². The first-order valence-corrected chi connectivity index (χ1v) is 8.74. The fraction of sp³-hybridized carbons (Fsp3) is 0.316. The molecule has 0 spiro atoms. The Morgan fingerprint density at radius 2 is 1.92 bits per heavy atom. The number of pyridine rings is 1. The fourth-order valence-electron chi connectivity index (χ4n) is 2.33. The number of carbonyl (C=O) groups excluding carboxylic acids is 1. The summed E-state index contributed by atoms with van der Waals surface area (Å²) in [5, 5.41) is 12.9. The van der Waals surface area contributed by atoms with Crippen LogP contribution in [0.25, 0.3) is 0 Å². The predicted molar refractivity (Wildman–Crippen MR) is 96.9 cm³/mol. The highest BCUT2D eigenvalue weighted by atomic mass is 32.2. The third-order valence-corrected chi connectivity index (χ3v) is 5.13. The van der Waals surface area contributed by atoms with Crippen molar-refractivity contribution >= 4 is 17.7 Å². The van der Waals surface area contributed by atoms with Crippen molar-refractivity contribution in [3.63, 3.8) is 0 Å². The molecule has 0 bridgehead atoms. The molecule has 1 aromatic carbocycles. The summed E-state index contributed by atoms with van der Waals surface area (Å²) in [6, 6.07) is 10.2. The quantitative estimate of drug-likeness (QED) is 0.845. The Bertz CT molecular complexity index is 809. The monoisotopic (exact) mass is 339 g/mol. The minimum absolute atomic E-state index is 0.0650. The number of nitrogens with one attached hydrogen (secondary N) is 1. The first kappa shape index (κ1) is 18.0. The summed E-state index contributed by atoms with van der Waals surface area (Å²) in [5.74, 6) is 0.181. The molecule has 5 heteroatoms. The minimum atomic E-state index is -0.0650. The number of nitrogens with zero attached hydrogens (tertiary/aromatic N) is 2. The zero-order chi connectivity index (χ0) is 17.7. The Morgan fingerprint density at radius 1 is 1.21 bits per heavy atom. The van der Waals surface area contributed by atoms with Crippen molar-refractivity contribution in [1.29, 1.82) is 5.26 Å². The Hall–Kier alpha value is -2.32. The maximum Gasteiger partial charge on any atom is 0.230 e. The third kappa shape index (κ3) is 4.15. The van der Waals surface area contributed by atoms with Crippen LogP contribution in [0.1, 0.15) is 33.5 Å². The van der Waals surface area contributed by atoms with Gasteiger partial charge in [0.05, 0.1) is 11.3 Å². The second-order valence-corrected chi connectivity index (χ2v) is 6.70. The first-order valence-electron chi connectivity index (χ1n) is 7.76. The van der Waals surface area contributed by atoms with Crippen LogP contribution in [-0.4, -0.2) is 16.6 Å². The largest absolute Gasteiger partial charge is 0.351 e. The van der Waals surface area contributed by atoms with Crippen molar-refractivity contribution in [2.75, 3.05) is 5.75 Å². The fourth-order valence-corrected chi connectivity index (χ4v) is 3.25.